The Balaban J connectivity index is 0.00000119. The van der Waals surface area contributed by atoms with E-state index in [1.807, 2.05) is 24.3 Å². The standard InChI is InChI=1S/C31H28O7.C4H6O/c1-18(2)29(32)36-23-11-8-21(9-12-23)25-14-10-22(16-27(25)35-7)26-15-13-24(37-30(33)19(3)4)17-28(26)38-31(34)20(5)6;1-4(2)3-5/h8-17H,1,3,5H2,2,4,6-7H3;3H,1H2,2H3. The van der Waals surface area contributed by atoms with Gasteiger partial charge in [0.05, 0.1) is 7.11 Å². The summed E-state index contributed by atoms with van der Waals surface area (Å²) < 4.78 is 21.8. The number of carbonyl (C=O) groups excluding carboxylic acids is 4. The van der Waals surface area contributed by atoms with Crippen LogP contribution in [-0.4, -0.2) is 31.3 Å². The number of allylic oxidation sites excluding steroid dienone is 1. The monoisotopic (exact) mass is 582 g/mol. The summed E-state index contributed by atoms with van der Waals surface area (Å²) in [5.41, 5.74) is 4.22. The van der Waals surface area contributed by atoms with Crippen molar-refractivity contribution < 1.29 is 38.1 Å². The van der Waals surface area contributed by atoms with E-state index in [0.29, 0.717) is 33.8 Å². The third-order valence-corrected chi connectivity index (χ3v) is 5.50. The maximum Gasteiger partial charge on any atom is 0.338 e. The van der Waals surface area contributed by atoms with Crippen molar-refractivity contribution >= 4 is 24.2 Å². The molecule has 0 aliphatic carbocycles. The molecule has 0 N–H and O–H groups in total. The zero-order valence-electron chi connectivity index (χ0n) is 24.9. The van der Waals surface area contributed by atoms with Crippen molar-refractivity contribution in [2.24, 2.45) is 0 Å². The Bertz CT molecular complexity index is 1590. The van der Waals surface area contributed by atoms with E-state index in [4.69, 9.17) is 18.9 Å². The number of aldehydes is 1. The van der Waals surface area contributed by atoms with Crippen molar-refractivity contribution in [3.8, 4) is 45.3 Å². The molecule has 0 atom stereocenters. The second-order valence-corrected chi connectivity index (χ2v) is 9.57. The van der Waals surface area contributed by atoms with Crippen LogP contribution in [0.3, 0.4) is 0 Å². The van der Waals surface area contributed by atoms with Gasteiger partial charge in [-0.1, -0.05) is 50.6 Å². The van der Waals surface area contributed by atoms with E-state index in [1.54, 1.807) is 51.3 Å². The second kappa shape index (κ2) is 15.5. The predicted octanol–water partition coefficient (Wildman–Crippen LogP) is 7.24. The number of rotatable bonds is 10. The molecule has 3 aromatic rings. The molecule has 0 fully saturated rings. The van der Waals surface area contributed by atoms with Crippen LogP contribution in [0.1, 0.15) is 27.7 Å². The number of hydrogen-bond donors (Lipinski definition) is 0. The number of benzene rings is 3. The van der Waals surface area contributed by atoms with Crippen LogP contribution in [0.2, 0.25) is 0 Å². The Hall–Kier alpha value is -5.50. The Labute approximate surface area is 251 Å². The average molecular weight is 583 g/mol. The molecule has 3 aromatic carbocycles. The maximum atomic E-state index is 12.3. The molecule has 0 heterocycles. The topological polar surface area (TPSA) is 105 Å². The van der Waals surface area contributed by atoms with Crippen LogP contribution in [0.25, 0.3) is 22.3 Å². The van der Waals surface area contributed by atoms with Crippen molar-refractivity contribution in [1.29, 1.82) is 0 Å². The first-order chi connectivity index (χ1) is 20.3. The van der Waals surface area contributed by atoms with E-state index in [0.717, 1.165) is 17.4 Å². The quantitative estimate of drug-likeness (QED) is 0.107. The van der Waals surface area contributed by atoms with E-state index >= 15 is 0 Å². The lowest BCUT2D eigenvalue weighted by atomic mass is 9.98. The van der Waals surface area contributed by atoms with Gasteiger partial charge in [0.2, 0.25) is 0 Å². The summed E-state index contributed by atoms with van der Waals surface area (Å²) in [7, 11) is 1.55. The highest BCUT2D eigenvalue weighted by atomic mass is 16.5. The van der Waals surface area contributed by atoms with E-state index in [2.05, 4.69) is 26.3 Å². The van der Waals surface area contributed by atoms with Crippen molar-refractivity contribution in [2.75, 3.05) is 7.11 Å². The van der Waals surface area contributed by atoms with Gasteiger partial charge in [0.15, 0.2) is 0 Å². The average Bonchev–Trinajstić information content (AvgIpc) is 2.97. The molecule has 8 heteroatoms. The molecule has 0 unspecified atom stereocenters. The zero-order chi connectivity index (χ0) is 32.3. The van der Waals surface area contributed by atoms with Crippen LogP contribution in [-0.2, 0) is 19.2 Å². The molecule has 0 aliphatic heterocycles. The molecule has 0 spiro atoms. The molecule has 0 radical (unpaired) electrons. The molecule has 0 aromatic heterocycles. The molecule has 0 saturated carbocycles. The van der Waals surface area contributed by atoms with Gasteiger partial charge in [0.25, 0.3) is 0 Å². The molecular formula is C35H34O8. The molecular weight excluding hydrogens is 548 g/mol. The molecule has 222 valence electrons. The Kier molecular flexibility index (Phi) is 12.1. The van der Waals surface area contributed by atoms with Gasteiger partial charge >= 0.3 is 17.9 Å². The van der Waals surface area contributed by atoms with E-state index in [-0.39, 0.29) is 22.6 Å². The van der Waals surface area contributed by atoms with Crippen LogP contribution >= 0.6 is 0 Å². The minimum atomic E-state index is -0.620. The van der Waals surface area contributed by atoms with Gasteiger partial charge < -0.3 is 18.9 Å². The van der Waals surface area contributed by atoms with Crippen LogP contribution < -0.4 is 18.9 Å². The Morgan fingerprint density at radius 2 is 1.00 bits per heavy atom. The summed E-state index contributed by atoms with van der Waals surface area (Å²) in [6.45, 7) is 20.4. The van der Waals surface area contributed by atoms with Gasteiger partial charge in [-0.05, 0) is 74.7 Å². The maximum absolute atomic E-state index is 12.3. The minimum absolute atomic E-state index is 0.184. The van der Waals surface area contributed by atoms with Gasteiger partial charge in [-0.2, -0.15) is 0 Å². The third kappa shape index (κ3) is 9.82. The Morgan fingerprint density at radius 1 is 0.581 bits per heavy atom. The number of methoxy groups -OCH3 is 1. The molecule has 43 heavy (non-hydrogen) atoms. The van der Waals surface area contributed by atoms with Gasteiger partial charge in [-0.3, -0.25) is 4.79 Å². The van der Waals surface area contributed by atoms with E-state index < -0.39 is 17.9 Å². The number of hydrogen-bond acceptors (Lipinski definition) is 8. The number of ether oxygens (including phenoxy) is 4. The first-order valence-corrected chi connectivity index (χ1v) is 12.9. The fraction of sp³-hybridized carbons (Fsp3) is 0.143. The first kappa shape index (κ1) is 33.7. The van der Waals surface area contributed by atoms with Gasteiger partial charge in [-0.15, -0.1) is 0 Å². The van der Waals surface area contributed by atoms with Gasteiger partial charge in [0.1, 0.15) is 29.3 Å². The van der Waals surface area contributed by atoms with Gasteiger partial charge in [0, 0.05) is 33.9 Å². The molecule has 0 bridgehead atoms. The van der Waals surface area contributed by atoms with Crippen LogP contribution in [0.5, 0.6) is 23.0 Å². The Morgan fingerprint density at radius 3 is 1.49 bits per heavy atom. The smallest absolute Gasteiger partial charge is 0.338 e. The largest absolute Gasteiger partial charge is 0.496 e. The molecule has 0 aliphatic rings. The van der Waals surface area contributed by atoms with Crippen LogP contribution in [0.15, 0.2) is 109 Å². The fourth-order valence-electron chi connectivity index (χ4n) is 3.26. The van der Waals surface area contributed by atoms with Crippen molar-refractivity contribution in [3.05, 3.63) is 109 Å². The van der Waals surface area contributed by atoms with Crippen molar-refractivity contribution in [3.63, 3.8) is 0 Å². The first-order valence-electron chi connectivity index (χ1n) is 12.9. The highest BCUT2D eigenvalue weighted by Crippen LogP contribution is 2.39. The highest BCUT2D eigenvalue weighted by molar-refractivity contribution is 5.92. The lowest BCUT2D eigenvalue weighted by Gasteiger charge is -2.15. The summed E-state index contributed by atoms with van der Waals surface area (Å²) in [6, 6.07) is 17.2. The molecule has 0 saturated heterocycles. The predicted molar refractivity (Wildman–Crippen MR) is 166 cm³/mol. The highest BCUT2D eigenvalue weighted by Gasteiger charge is 2.17. The number of esters is 3. The van der Waals surface area contributed by atoms with Crippen LogP contribution in [0, 0.1) is 0 Å². The normalized spacial score (nSPS) is 9.79. The van der Waals surface area contributed by atoms with E-state index in [9.17, 15) is 19.2 Å². The summed E-state index contributed by atoms with van der Waals surface area (Å²) in [5, 5.41) is 0. The SMILES string of the molecule is C=C(C)C(=O)Oc1ccc(-c2ccc(-c3ccc(OC(=O)C(=C)C)cc3OC(=O)C(=C)C)cc2OC)cc1.C=C(C)C=O. The lowest BCUT2D eigenvalue weighted by molar-refractivity contribution is -0.131. The van der Waals surface area contributed by atoms with Crippen molar-refractivity contribution in [1.82, 2.24) is 0 Å². The lowest BCUT2D eigenvalue weighted by Crippen LogP contribution is -2.11. The minimum Gasteiger partial charge on any atom is -0.496 e. The summed E-state index contributed by atoms with van der Waals surface area (Å²) in [4.78, 5) is 45.5. The summed E-state index contributed by atoms with van der Waals surface area (Å²) in [5.74, 6) is -0.376. The summed E-state index contributed by atoms with van der Waals surface area (Å²) >= 11 is 0. The second-order valence-electron chi connectivity index (χ2n) is 9.57. The molecule has 3 rings (SSSR count). The van der Waals surface area contributed by atoms with Crippen molar-refractivity contribution in [2.45, 2.75) is 27.7 Å². The molecule has 8 nitrogen and oxygen atoms in total. The molecule has 0 amide bonds. The zero-order valence-corrected chi connectivity index (χ0v) is 24.9. The fourth-order valence-corrected chi connectivity index (χ4v) is 3.26. The third-order valence-electron chi connectivity index (χ3n) is 5.50. The van der Waals surface area contributed by atoms with E-state index in [1.165, 1.54) is 19.9 Å². The number of carbonyl (C=O) groups is 4. The summed E-state index contributed by atoms with van der Waals surface area (Å²) in [6.07, 6.45) is 0.722. The van der Waals surface area contributed by atoms with Crippen LogP contribution in [0.4, 0.5) is 0 Å². The van der Waals surface area contributed by atoms with Gasteiger partial charge in [-0.25, -0.2) is 14.4 Å².